The van der Waals surface area contributed by atoms with Gasteiger partial charge >= 0.3 is 0 Å². The molecular weight excluding hydrogens is 344 g/mol. The first kappa shape index (κ1) is 18.4. The van der Waals surface area contributed by atoms with E-state index in [1.807, 2.05) is 11.3 Å². The monoisotopic (exact) mass is 376 g/mol. The highest BCUT2D eigenvalue weighted by Crippen LogP contribution is 2.31. The maximum atomic E-state index is 11.8. The summed E-state index contributed by atoms with van der Waals surface area (Å²) in [6, 6.07) is 2.42. The first-order valence-corrected chi connectivity index (χ1v) is 11.0. The maximum Gasteiger partial charge on any atom is 0.220 e. The molecule has 1 atom stereocenters. The molecule has 0 aliphatic carbocycles. The van der Waals surface area contributed by atoms with Gasteiger partial charge in [0.25, 0.3) is 0 Å². The molecule has 0 saturated carbocycles. The standard InChI is InChI=1S/C20H32N4OS/c1-22-10-11-24(16-20(22)5-4-19(25)21-7-6-20)14-18-12-17(15-26-18)13-23-8-2-3-9-23/h12,15H,2-11,13-14,16H2,1H3,(H,21,25)/t20-/m0/s1. The smallest absolute Gasteiger partial charge is 0.220 e. The SMILES string of the molecule is CN1CCN(Cc2cc(CN3CCCC3)cs2)C[C@]12CCNC(=O)CC2. The molecule has 6 heteroatoms. The third-order valence-corrected chi connectivity index (χ3v) is 7.47. The Balaban J connectivity index is 1.37. The van der Waals surface area contributed by atoms with Crippen LogP contribution < -0.4 is 5.32 Å². The summed E-state index contributed by atoms with van der Waals surface area (Å²) in [6.07, 6.45) is 5.43. The predicted molar refractivity (Wildman–Crippen MR) is 106 cm³/mol. The van der Waals surface area contributed by atoms with E-state index < -0.39 is 0 Å². The van der Waals surface area contributed by atoms with Crippen molar-refractivity contribution in [3.8, 4) is 0 Å². The first-order chi connectivity index (χ1) is 12.6. The Morgan fingerprint density at radius 1 is 1.12 bits per heavy atom. The van der Waals surface area contributed by atoms with Gasteiger partial charge in [-0.05, 0) is 62.8 Å². The van der Waals surface area contributed by atoms with Crippen molar-refractivity contribution in [1.29, 1.82) is 0 Å². The number of nitrogens with one attached hydrogen (secondary N) is 1. The summed E-state index contributed by atoms with van der Waals surface area (Å²) in [5, 5.41) is 5.41. The quantitative estimate of drug-likeness (QED) is 0.874. The fourth-order valence-corrected chi connectivity index (χ4v) is 5.75. The Kier molecular flexibility index (Phi) is 5.64. The van der Waals surface area contributed by atoms with Crippen molar-refractivity contribution in [1.82, 2.24) is 20.0 Å². The Morgan fingerprint density at radius 2 is 1.96 bits per heavy atom. The number of rotatable bonds is 4. The number of likely N-dealkylation sites (N-methyl/N-ethyl adjacent to an activating group) is 1. The second kappa shape index (κ2) is 7.97. The average molecular weight is 377 g/mol. The Labute approximate surface area is 161 Å². The van der Waals surface area contributed by atoms with Crippen LogP contribution in [0.1, 0.15) is 42.5 Å². The van der Waals surface area contributed by atoms with Crippen molar-refractivity contribution >= 4 is 17.2 Å². The molecule has 26 heavy (non-hydrogen) atoms. The van der Waals surface area contributed by atoms with E-state index in [2.05, 4.69) is 38.5 Å². The van der Waals surface area contributed by atoms with Gasteiger partial charge < -0.3 is 5.32 Å². The van der Waals surface area contributed by atoms with Gasteiger partial charge in [-0.2, -0.15) is 0 Å². The van der Waals surface area contributed by atoms with Gasteiger partial charge in [-0.15, -0.1) is 11.3 Å². The predicted octanol–water partition coefficient (Wildman–Crippen LogP) is 2.13. The van der Waals surface area contributed by atoms with E-state index in [4.69, 9.17) is 0 Å². The molecule has 1 amide bonds. The summed E-state index contributed by atoms with van der Waals surface area (Å²) in [5.41, 5.74) is 1.65. The number of carbonyl (C=O) groups excluding carboxylic acids is 1. The topological polar surface area (TPSA) is 38.8 Å². The first-order valence-electron chi connectivity index (χ1n) is 10.1. The molecule has 5 nitrogen and oxygen atoms in total. The second-order valence-electron chi connectivity index (χ2n) is 8.36. The van der Waals surface area contributed by atoms with Crippen molar-refractivity contribution in [3.05, 3.63) is 21.9 Å². The molecule has 144 valence electrons. The van der Waals surface area contributed by atoms with E-state index in [-0.39, 0.29) is 11.4 Å². The van der Waals surface area contributed by atoms with Gasteiger partial charge in [0.15, 0.2) is 0 Å². The Bertz CT molecular complexity index is 627. The van der Waals surface area contributed by atoms with E-state index in [9.17, 15) is 4.79 Å². The van der Waals surface area contributed by atoms with Crippen molar-refractivity contribution in [2.24, 2.45) is 0 Å². The van der Waals surface area contributed by atoms with Crippen molar-refractivity contribution < 1.29 is 4.79 Å². The second-order valence-corrected chi connectivity index (χ2v) is 9.36. The zero-order chi connectivity index (χ0) is 18.0. The van der Waals surface area contributed by atoms with Gasteiger partial charge in [0.05, 0.1) is 0 Å². The molecule has 1 N–H and O–H groups in total. The van der Waals surface area contributed by atoms with E-state index in [0.29, 0.717) is 6.42 Å². The molecule has 0 aromatic carbocycles. The lowest BCUT2D eigenvalue weighted by Crippen LogP contribution is -2.60. The third-order valence-electron chi connectivity index (χ3n) is 6.50. The van der Waals surface area contributed by atoms with Crippen LogP contribution in [0.15, 0.2) is 11.4 Å². The zero-order valence-electron chi connectivity index (χ0n) is 16.0. The summed E-state index contributed by atoms with van der Waals surface area (Å²) in [6.45, 7) is 8.82. The van der Waals surface area contributed by atoms with Gasteiger partial charge in [0.2, 0.25) is 5.91 Å². The van der Waals surface area contributed by atoms with Gasteiger partial charge in [0.1, 0.15) is 0 Å². The highest BCUT2D eigenvalue weighted by molar-refractivity contribution is 7.10. The molecule has 4 rings (SSSR count). The highest BCUT2D eigenvalue weighted by Gasteiger charge is 2.40. The molecule has 3 saturated heterocycles. The number of hydrogen-bond donors (Lipinski definition) is 1. The maximum absolute atomic E-state index is 11.8. The number of amides is 1. The molecule has 0 bridgehead atoms. The van der Waals surface area contributed by atoms with Crippen LogP contribution in [-0.4, -0.2) is 72.5 Å². The number of carbonyl (C=O) groups is 1. The van der Waals surface area contributed by atoms with Gasteiger partial charge in [-0.25, -0.2) is 0 Å². The van der Waals surface area contributed by atoms with Crippen LogP contribution in [0.3, 0.4) is 0 Å². The van der Waals surface area contributed by atoms with Crippen LogP contribution in [0.2, 0.25) is 0 Å². The van der Waals surface area contributed by atoms with Crippen LogP contribution >= 0.6 is 11.3 Å². The minimum absolute atomic E-state index is 0.160. The van der Waals surface area contributed by atoms with Crippen LogP contribution in [0.25, 0.3) is 0 Å². The highest BCUT2D eigenvalue weighted by atomic mass is 32.1. The molecule has 1 spiro atoms. The lowest BCUT2D eigenvalue weighted by atomic mass is 9.86. The van der Waals surface area contributed by atoms with Crippen LogP contribution in [0.5, 0.6) is 0 Å². The number of nitrogens with zero attached hydrogens (tertiary/aromatic N) is 3. The molecule has 3 aliphatic rings. The number of hydrogen-bond acceptors (Lipinski definition) is 5. The van der Waals surface area contributed by atoms with Gasteiger partial charge in [-0.1, -0.05) is 0 Å². The van der Waals surface area contributed by atoms with Crippen LogP contribution in [0.4, 0.5) is 0 Å². The van der Waals surface area contributed by atoms with Crippen molar-refractivity contribution in [2.75, 3.05) is 46.3 Å². The normalized spacial score (nSPS) is 29.2. The van der Waals surface area contributed by atoms with Crippen molar-refractivity contribution in [2.45, 2.75) is 50.7 Å². The molecule has 1 aromatic heterocycles. The molecular formula is C20H32N4OS. The third kappa shape index (κ3) is 4.14. The zero-order valence-corrected chi connectivity index (χ0v) is 16.8. The summed E-state index contributed by atoms with van der Waals surface area (Å²) < 4.78 is 0. The molecule has 0 radical (unpaired) electrons. The van der Waals surface area contributed by atoms with Crippen LogP contribution in [-0.2, 0) is 17.9 Å². The average Bonchev–Trinajstić information content (AvgIpc) is 3.25. The number of thiophene rings is 1. The number of likely N-dealkylation sites (tertiary alicyclic amines) is 1. The molecule has 3 fully saturated rings. The van der Waals surface area contributed by atoms with Crippen molar-refractivity contribution in [3.63, 3.8) is 0 Å². The lowest BCUT2D eigenvalue weighted by molar-refractivity contribution is -0.121. The van der Waals surface area contributed by atoms with Gasteiger partial charge in [-0.3, -0.25) is 19.5 Å². The summed E-state index contributed by atoms with van der Waals surface area (Å²) in [7, 11) is 2.24. The number of piperazine rings is 1. The molecule has 4 heterocycles. The van der Waals surface area contributed by atoms with E-state index in [1.165, 1.54) is 36.4 Å². The fraction of sp³-hybridized carbons (Fsp3) is 0.750. The molecule has 0 unspecified atom stereocenters. The van der Waals surface area contributed by atoms with Crippen LogP contribution in [0, 0.1) is 0 Å². The minimum atomic E-state index is 0.160. The lowest BCUT2D eigenvalue weighted by Gasteiger charge is -2.49. The van der Waals surface area contributed by atoms with E-state index in [0.717, 1.165) is 52.1 Å². The summed E-state index contributed by atoms with van der Waals surface area (Å²) in [4.78, 5) is 21.0. The van der Waals surface area contributed by atoms with E-state index in [1.54, 1.807) is 0 Å². The fourth-order valence-electron chi connectivity index (χ4n) is 4.82. The summed E-state index contributed by atoms with van der Waals surface area (Å²) >= 11 is 1.92. The molecule has 3 aliphatic heterocycles. The largest absolute Gasteiger partial charge is 0.356 e. The summed E-state index contributed by atoms with van der Waals surface area (Å²) in [5.74, 6) is 0.220. The minimum Gasteiger partial charge on any atom is -0.356 e. The Hall–Kier alpha value is -0.950. The molecule has 1 aromatic rings. The van der Waals surface area contributed by atoms with E-state index >= 15 is 0 Å². The van der Waals surface area contributed by atoms with Gasteiger partial charge in [0, 0.05) is 56.1 Å². The Morgan fingerprint density at radius 3 is 2.81 bits per heavy atom.